The summed E-state index contributed by atoms with van der Waals surface area (Å²) in [4.78, 5) is 15.0. The van der Waals surface area contributed by atoms with Crippen LogP contribution in [-0.4, -0.2) is 10.8 Å². The summed E-state index contributed by atoms with van der Waals surface area (Å²) in [5.41, 5.74) is 1.10. The lowest BCUT2D eigenvalue weighted by Crippen LogP contribution is -2.24. The third-order valence-corrected chi connectivity index (χ3v) is 4.69. The maximum absolute atomic E-state index is 12.1. The Labute approximate surface area is 144 Å². The number of benzene rings is 2. The molecule has 0 heterocycles. The zero-order valence-corrected chi connectivity index (χ0v) is 14.8. The van der Waals surface area contributed by atoms with Crippen molar-refractivity contribution in [1.29, 1.82) is 0 Å². The second-order valence-electron chi connectivity index (χ2n) is 4.68. The second kappa shape index (κ2) is 8.81. The molecule has 0 aliphatic heterocycles. The number of hydrogen-bond donors (Lipinski definition) is 0. The van der Waals surface area contributed by atoms with Gasteiger partial charge >= 0.3 is 0 Å². The van der Waals surface area contributed by atoms with E-state index in [1.165, 1.54) is 0 Å². The molecule has 0 atom stereocenters. The van der Waals surface area contributed by atoms with Crippen molar-refractivity contribution in [2.75, 3.05) is 0 Å². The smallest absolute Gasteiger partial charge is 0.226 e. The Kier molecular flexibility index (Phi) is 6.74. The van der Waals surface area contributed by atoms with E-state index in [0.29, 0.717) is 13.0 Å². The van der Waals surface area contributed by atoms with E-state index in [4.69, 9.17) is 0 Å². The molecular weight excluding hydrogens is 358 g/mol. The average molecular weight is 376 g/mol. The molecule has 0 saturated heterocycles. The van der Waals surface area contributed by atoms with Gasteiger partial charge in [-0.1, -0.05) is 71.0 Å². The topological polar surface area (TPSA) is 20.3 Å². The van der Waals surface area contributed by atoms with Crippen LogP contribution < -0.4 is 0 Å². The summed E-state index contributed by atoms with van der Waals surface area (Å²) >= 11 is 5.14. The van der Waals surface area contributed by atoms with E-state index in [1.807, 2.05) is 61.0 Å². The maximum Gasteiger partial charge on any atom is 0.226 e. The monoisotopic (exact) mass is 375 g/mol. The predicted molar refractivity (Wildman–Crippen MR) is 96.4 cm³/mol. The summed E-state index contributed by atoms with van der Waals surface area (Å²) in [6.07, 6.45) is 2.35. The van der Waals surface area contributed by atoms with E-state index in [-0.39, 0.29) is 5.91 Å². The van der Waals surface area contributed by atoms with Crippen molar-refractivity contribution in [3.63, 3.8) is 0 Å². The summed E-state index contributed by atoms with van der Waals surface area (Å²) in [5.74, 6) is 0.112. The number of amides is 1. The van der Waals surface area contributed by atoms with Crippen LogP contribution in [-0.2, 0) is 11.3 Å². The third-order valence-electron chi connectivity index (χ3n) is 3.11. The van der Waals surface area contributed by atoms with Crippen molar-refractivity contribution in [2.45, 2.75) is 24.8 Å². The highest BCUT2D eigenvalue weighted by atomic mass is 79.9. The highest BCUT2D eigenvalue weighted by molar-refractivity contribution is 9.10. The summed E-state index contributed by atoms with van der Waals surface area (Å²) < 4.78 is 1.02. The van der Waals surface area contributed by atoms with Gasteiger partial charge in [0.15, 0.2) is 0 Å². The first-order valence-electron chi connectivity index (χ1n) is 7.12. The van der Waals surface area contributed by atoms with Crippen molar-refractivity contribution in [1.82, 2.24) is 4.90 Å². The highest BCUT2D eigenvalue weighted by Gasteiger charge is 2.10. The fourth-order valence-electron chi connectivity index (χ4n) is 1.92. The number of thioether (sulfide) groups is 1. The van der Waals surface area contributed by atoms with Gasteiger partial charge in [0, 0.05) is 22.0 Å². The van der Waals surface area contributed by atoms with Crippen molar-refractivity contribution in [2.24, 2.45) is 0 Å². The normalized spacial score (nSPS) is 10.8. The summed E-state index contributed by atoms with van der Waals surface area (Å²) in [5, 5.41) is 1.96. The van der Waals surface area contributed by atoms with Crippen molar-refractivity contribution in [3.05, 3.63) is 76.2 Å². The summed E-state index contributed by atoms with van der Waals surface area (Å²) in [6.45, 7) is 2.45. The number of carbonyl (C=O) groups is 1. The SMILES string of the molecule is CCC(=O)N(/C=C\Sc1ccccc1)Cc1ccccc1Br. The Morgan fingerprint density at radius 1 is 1.14 bits per heavy atom. The first kappa shape index (κ1) is 16.8. The largest absolute Gasteiger partial charge is 0.314 e. The molecule has 2 rings (SSSR count). The third kappa shape index (κ3) is 5.04. The van der Waals surface area contributed by atoms with E-state index in [1.54, 1.807) is 16.7 Å². The lowest BCUT2D eigenvalue weighted by molar-refractivity contribution is -0.128. The minimum absolute atomic E-state index is 0.112. The summed E-state index contributed by atoms with van der Waals surface area (Å²) in [6, 6.07) is 18.1. The van der Waals surface area contributed by atoms with Crippen LogP contribution in [0.15, 0.2) is 75.6 Å². The molecule has 0 fully saturated rings. The number of hydrogen-bond acceptors (Lipinski definition) is 2. The van der Waals surface area contributed by atoms with Crippen LogP contribution in [0.3, 0.4) is 0 Å². The Morgan fingerprint density at radius 3 is 2.50 bits per heavy atom. The van der Waals surface area contributed by atoms with Crippen LogP contribution in [0.25, 0.3) is 0 Å². The number of rotatable bonds is 6. The quantitative estimate of drug-likeness (QED) is 0.625. The van der Waals surface area contributed by atoms with Gasteiger partial charge in [0.05, 0.1) is 6.54 Å². The second-order valence-corrected chi connectivity index (χ2v) is 6.52. The number of nitrogens with zero attached hydrogens (tertiary/aromatic N) is 1. The molecule has 0 N–H and O–H groups in total. The van der Waals surface area contributed by atoms with E-state index in [9.17, 15) is 4.79 Å². The van der Waals surface area contributed by atoms with Gasteiger partial charge in [-0.25, -0.2) is 0 Å². The van der Waals surface area contributed by atoms with Gasteiger partial charge in [0.25, 0.3) is 0 Å². The Bertz CT molecular complexity index is 643. The summed E-state index contributed by atoms with van der Waals surface area (Å²) in [7, 11) is 0. The lowest BCUT2D eigenvalue weighted by atomic mass is 10.2. The molecule has 0 bridgehead atoms. The molecule has 0 aromatic heterocycles. The number of carbonyl (C=O) groups excluding carboxylic acids is 1. The van der Waals surface area contributed by atoms with Crippen molar-refractivity contribution >= 4 is 33.6 Å². The van der Waals surface area contributed by atoms with Gasteiger partial charge in [-0.05, 0) is 29.2 Å². The zero-order valence-electron chi connectivity index (χ0n) is 12.4. The van der Waals surface area contributed by atoms with Gasteiger partial charge in [0.2, 0.25) is 5.91 Å². The molecule has 0 unspecified atom stereocenters. The first-order valence-corrected chi connectivity index (χ1v) is 8.79. The van der Waals surface area contributed by atoms with Crippen LogP contribution in [0.2, 0.25) is 0 Å². The van der Waals surface area contributed by atoms with Crippen LogP contribution in [0, 0.1) is 0 Å². The fourth-order valence-corrected chi connectivity index (χ4v) is 3.01. The van der Waals surface area contributed by atoms with E-state index in [0.717, 1.165) is 14.9 Å². The maximum atomic E-state index is 12.1. The Morgan fingerprint density at radius 2 is 1.82 bits per heavy atom. The van der Waals surface area contributed by atoms with Crippen LogP contribution in [0.1, 0.15) is 18.9 Å². The van der Waals surface area contributed by atoms with E-state index < -0.39 is 0 Å². The van der Waals surface area contributed by atoms with Crippen molar-refractivity contribution in [3.8, 4) is 0 Å². The molecule has 0 aliphatic rings. The molecule has 4 heteroatoms. The Hall–Kier alpha value is -1.52. The standard InChI is InChI=1S/C18H18BrNOS/c1-2-18(21)20(14-15-8-6-7-11-17(15)19)12-13-22-16-9-4-3-5-10-16/h3-13H,2,14H2,1H3/b13-12-. The minimum Gasteiger partial charge on any atom is -0.314 e. The average Bonchev–Trinajstić information content (AvgIpc) is 2.56. The highest BCUT2D eigenvalue weighted by Crippen LogP contribution is 2.21. The molecule has 0 aliphatic carbocycles. The van der Waals surface area contributed by atoms with Crippen molar-refractivity contribution < 1.29 is 4.79 Å². The Balaban J connectivity index is 2.06. The van der Waals surface area contributed by atoms with Gasteiger partial charge in [0.1, 0.15) is 0 Å². The fraction of sp³-hybridized carbons (Fsp3) is 0.167. The molecule has 2 aromatic carbocycles. The van der Waals surface area contributed by atoms with Crippen LogP contribution in [0.5, 0.6) is 0 Å². The van der Waals surface area contributed by atoms with Gasteiger partial charge in [-0.2, -0.15) is 0 Å². The van der Waals surface area contributed by atoms with Gasteiger partial charge < -0.3 is 4.90 Å². The molecule has 114 valence electrons. The molecule has 0 spiro atoms. The molecular formula is C18H18BrNOS. The zero-order chi connectivity index (χ0) is 15.8. The van der Waals surface area contributed by atoms with E-state index >= 15 is 0 Å². The van der Waals surface area contributed by atoms with Crippen LogP contribution >= 0.6 is 27.7 Å². The number of halogens is 1. The van der Waals surface area contributed by atoms with Crippen LogP contribution in [0.4, 0.5) is 0 Å². The first-order chi connectivity index (χ1) is 10.7. The molecule has 1 amide bonds. The van der Waals surface area contributed by atoms with Gasteiger partial charge in [-0.3, -0.25) is 4.79 Å². The minimum atomic E-state index is 0.112. The molecule has 0 radical (unpaired) electrons. The van der Waals surface area contributed by atoms with Gasteiger partial charge in [-0.15, -0.1) is 0 Å². The van der Waals surface area contributed by atoms with E-state index in [2.05, 4.69) is 28.1 Å². The molecule has 0 saturated carbocycles. The molecule has 22 heavy (non-hydrogen) atoms. The lowest BCUT2D eigenvalue weighted by Gasteiger charge is -2.18. The predicted octanol–water partition coefficient (Wildman–Crippen LogP) is 5.45. The molecule has 2 aromatic rings. The molecule has 2 nitrogen and oxygen atoms in total.